The van der Waals surface area contributed by atoms with Crippen LogP contribution in [0, 0.1) is 17.8 Å². The van der Waals surface area contributed by atoms with Crippen LogP contribution in [0.5, 0.6) is 0 Å². The van der Waals surface area contributed by atoms with Gasteiger partial charge < -0.3 is 5.32 Å². The summed E-state index contributed by atoms with van der Waals surface area (Å²) in [5.74, 6) is 2.70. The van der Waals surface area contributed by atoms with Gasteiger partial charge in [-0.15, -0.1) is 11.3 Å². The lowest BCUT2D eigenvalue weighted by atomic mass is 9.86. The molecule has 2 fully saturated rings. The van der Waals surface area contributed by atoms with E-state index < -0.39 is 0 Å². The molecule has 2 aliphatic rings. The summed E-state index contributed by atoms with van der Waals surface area (Å²) in [5.41, 5.74) is 1.36. The molecule has 2 nitrogen and oxygen atoms in total. The van der Waals surface area contributed by atoms with Gasteiger partial charge in [-0.1, -0.05) is 24.6 Å². The normalized spacial score (nSPS) is 26.6. The van der Waals surface area contributed by atoms with Crippen LogP contribution >= 0.6 is 11.3 Å². The Hall–Kier alpha value is -1.35. The van der Waals surface area contributed by atoms with Crippen molar-refractivity contribution in [1.29, 1.82) is 0 Å². The van der Waals surface area contributed by atoms with Gasteiger partial charge in [0.1, 0.15) is 0 Å². The topological polar surface area (TPSA) is 29.1 Å². The first kappa shape index (κ1) is 14.3. The Morgan fingerprint density at radius 3 is 2.95 bits per heavy atom. The minimum Gasteiger partial charge on any atom is -0.356 e. The molecule has 0 spiro atoms. The zero-order chi connectivity index (χ0) is 14.9. The number of thiophene rings is 1. The number of rotatable bonds is 5. The first-order valence-electron chi connectivity index (χ1n) is 8.51. The van der Waals surface area contributed by atoms with Gasteiger partial charge in [-0.25, -0.2) is 0 Å². The number of hydrogen-bond donors (Lipinski definition) is 1. The summed E-state index contributed by atoms with van der Waals surface area (Å²) < 4.78 is 1.34. The highest BCUT2D eigenvalue weighted by atomic mass is 32.1. The van der Waals surface area contributed by atoms with E-state index in [1.807, 2.05) is 0 Å². The fourth-order valence-electron chi connectivity index (χ4n) is 4.50. The minimum absolute atomic E-state index is 0.261. The second kappa shape index (κ2) is 6.04. The van der Waals surface area contributed by atoms with Gasteiger partial charge in [0.05, 0.1) is 0 Å². The Labute approximate surface area is 135 Å². The van der Waals surface area contributed by atoms with Crippen LogP contribution < -0.4 is 5.32 Å². The summed E-state index contributed by atoms with van der Waals surface area (Å²) in [7, 11) is 0. The quantitative estimate of drug-likeness (QED) is 0.871. The van der Waals surface area contributed by atoms with Gasteiger partial charge in [0.2, 0.25) is 5.91 Å². The Morgan fingerprint density at radius 1 is 1.23 bits per heavy atom. The molecule has 1 aromatic heterocycles. The Morgan fingerprint density at radius 2 is 2.14 bits per heavy atom. The number of fused-ring (bicyclic) bond motifs is 3. The lowest BCUT2D eigenvalue weighted by molar-refractivity contribution is -0.122. The van der Waals surface area contributed by atoms with Gasteiger partial charge >= 0.3 is 0 Å². The van der Waals surface area contributed by atoms with Crippen LogP contribution in [-0.4, -0.2) is 12.5 Å². The van der Waals surface area contributed by atoms with E-state index in [-0.39, 0.29) is 5.91 Å². The first-order chi connectivity index (χ1) is 10.8. The molecule has 2 aromatic rings. The van der Waals surface area contributed by atoms with Crippen molar-refractivity contribution in [3.05, 3.63) is 35.2 Å². The summed E-state index contributed by atoms with van der Waals surface area (Å²) in [4.78, 5) is 12.2. The molecule has 22 heavy (non-hydrogen) atoms. The zero-order valence-electron chi connectivity index (χ0n) is 12.9. The monoisotopic (exact) mass is 313 g/mol. The zero-order valence-corrected chi connectivity index (χ0v) is 13.7. The van der Waals surface area contributed by atoms with E-state index in [9.17, 15) is 4.79 Å². The fraction of sp³-hybridized carbons (Fsp3) is 0.526. The van der Waals surface area contributed by atoms with Crippen molar-refractivity contribution in [3.8, 4) is 0 Å². The summed E-state index contributed by atoms with van der Waals surface area (Å²) >= 11 is 1.79. The molecular weight excluding hydrogens is 290 g/mol. The Balaban J connectivity index is 1.27. The third-order valence-electron chi connectivity index (χ3n) is 5.61. The van der Waals surface area contributed by atoms with E-state index in [4.69, 9.17) is 0 Å². The second-order valence-electron chi connectivity index (χ2n) is 7.00. The second-order valence-corrected chi connectivity index (χ2v) is 7.91. The van der Waals surface area contributed by atoms with Crippen molar-refractivity contribution < 1.29 is 4.79 Å². The average molecular weight is 313 g/mol. The predicted octanol–water partition coefficient (Wildman–Crippen LogP) is 4.39. The molecule has 0 aliphatic heterocycles. The van der Waals surface area contributed by atoms with Crippen molar-refractivity contribution >= 4 is 27.3 Å². The highest BCUT2D eigenvalue weighted by Crippen LogP contribution is 2.49. The number of carbonyl (C=O) groups is 1. The largest absolute Gasteiger partial charge is 0.356 e. The summed E-state index contributed by atoms with van der Waals surface area (Å²) in [6.07, 6.45) is 7.15. The summed E-state index contributed by atoms with van der Waals surface area (Å²) in [6.45, 7) is 0.764. The van der Waals surface area contributed by atoms with Crippen LogP contribution in [0.15, 0.2) is 29.6 Å². The molecule has 2 bridgehead atoms. The summed E-state index contributed by atoms with van der Waals surface area (Å²) in [6, 6.07) is 8.52. The van der Waals surface area contributed by atoms with Crippen LogP contribution in [0.1, 0.15) is 37.7 Å². The van der Waals surface area contributed by atoms with E-state index >= 15 is 0 Å². The van der Waals surface area contributed by atoms with Crippen molar-refractivity contribution in [2.24, 2.45) is 17.8 Å². The lowest BCUT2D eigenvalue weighted by Gasteiger charge is -2.20. The summed E-state index contributed by atoms with van der Waals surface area (Å²) in [5, 5.41) is 6.71. The third kappa shape index (κ3) is 2.79. The van der Waals surface area contributed by atoms with E-state index in [2.05, 4.69) is 35.0 Å². The molecule has 2 saturated carbocycles. The standard InChI is InChI=1S/C19H23NOS/c21-19(11-16-10-13-5-6-14(16)9-13)20-8-7-15-12-22-18-4-2-1-3-17(15)18/h1-4,12-14,16H,5-11H2,(H,20,21). The molecule has 4 rings (SSSR count). The van der Waals surface area contributed by atoms with E-state index in [0.717, 1.165) is 31.2 Å². The number of hydrogen-bond acceptors (Lipinski definition) is 2. The highest BCUT2D eigenvalue weighted by molar-refractivity contribution is 7.17. The molecule has 3 unspecified atom stereocenters. The van der Waals surface area contributed by atoms with Crippen LogP contribution in [0.25, 0.3) is 10.1 Å². The van der Waals surface area contributed by atoms with Crippen molar-refractivity contribution in [3.63, 3.8) is 0 Å². The Kier molecular flexibility index (Phi) is 3.91. The predicted molar refractivity (Wildman–Crippen MR) is 92.1 cm³/mol. The van der Waals surface area contributed by atoms with E-state index in [0.29, 0.717) is 5.92 Å². The maximum atomic E-state index is 12.2. The van der Waals surface area contributed by atoms with E-state index in [1.54, 1.807) is 11.3 Å². The molecule has 2 aliphatic carbocycles. The molecule has 1 aromatic carbocycles. The molecule has 3 atom stereocenters. The maximum absolute atomic E-state index is 12.2. The van der Waals surface area contributed by atoms with Gasteiger partial charge in [-0.2, -0.15) is 0 Å². The van der Waals surface area contributed by atoms with Gasteiger partial charge in [0.25, 0.3) is 0 Å². The maximum Gasteiger partial charge on any atom is 0.220 e. The van der Waals surface area contributed by atoms with Crippen LogP contribution in [0.2, 0.25) is 0 Å². The van der Waals surface area contributed by atoms with Crippen LogP contribution in [-0.2, 0) is 11.2 Å². The minimum atomic E-state index is 0.261. The average Bonchev–Trinajstić information content (AvgIpc) is 3.23. The highest BCUT2D eigenvalue weighted by Gasteiger charge is 2.39. The van der Waals surface area contributed by atoms with Gasteiger partial charge in [-0.3, -0.25) is 4.79 Å². The SMILES string of the molecule is O=C(CC1CC2CCC1C2)NCCc1csc2ccccc12. The molecule has 0 radical (unpaired) electrons. The first-order valence-corrected chi connectivity index (χ1v) is 9.39. The third-order valence-corrected chi connectivity index (χ3v) is 6.62. The molecule has 1 amide bonds. The smallest absolute Gasteiger partial charge is 0.220 e. The number of nitrogens with one attached hydrogen (secondary N) is 1. The van der Waals surface area contributed by atoms with Crippen molar-refractivity contribution in [1.82, 2.24) is 5.32 Å². The number of carbonyl (C=O) groups excluding carboxylic acids is 1. The van der Waals surface area contributed by atoms with Crippen molar-refractivity contribution in [2.45, 2.75) is 38.5 Å². The van der Waals surface area contributed by atoms with Gasteiger partial charge in [0.15, 0.2) is 0 Å². The van der Waals surface area contributed by atoms with Gasteiger partial charge in [0, 0.05) is 17.7 Å². The van der Waals surface area contributed by atoms with E-state index in [1.165, 1.54) is 41.3 Å². The number of amides is 1. The molecule has 3 heteroatoms. The van der Waals surface area contributed by atoms with Crippen LogP contribution in [0.4, 0.5) is 0 Å². The van der Waals surface area contributed by atoms with Crippen molar-refractivity contribution in [2.75, 3.05) is 6.54 Å². The van der Waals surface area contributed by atoms with Crippen LogP contribution in [0.3, 0.4) is 0 Å². The Bertz CT molecular complexity index is 677. The van der Waals surface area contributed by atoms with Gasteiger partial charge in [-0.05, 0) is 65.8 Å². The fourth-order valence-corrected chi connectivity index (χ4v) is 5.50. The lowest BCUT2D eigenvalue weighted by Crippen LogP contribution is -2.28. The number of benzene rings is 1. The molecule has 0 saturated heterocycles. The molecule has 1 heterocycles. The molecular formula is C19H23NOS. The molecule has 116 valence electrons. The molecule has 1 N–H and O–H groups in total.